The van der Waals surface area contributed by atoms with Crippen molar-refractivity contribution in [3.05, 3.63) is 81.3 Å². The number of benzene rings is 1. The van der Waals surface area contributed by atoms with Crippen molar-refractivity contribution in [2.75, 3.05) is 0 Å². The lowest BCUT2D eigenvalue weighted by atomic mass is 10.0. The van der Waals surface area contributed by atoms with Crippen molar-refractivity contribution < 1.29 is 4.79 Å². The Kier molecular flexibility index (Phi) is 4.19. The highest BCUT2D eigenvalue weighted by Crippen LogP contribution is 2.13. The van der Waals surface area contributed by atoms with Crippen LogP contribution in [0.15, 0.2) is 53.5 Å². The summed E-state index contributed by atoms with van der Waals surface area (Å²) >= 11 is 0. The zero-order valence-electron chi connectivity index (χ0n) is 12.3. The van der Waals surface area contributed by atoms with Crippen LogP contribution in [0.25, 0.3) is 0 Å². The lowest BCUT2D eigenvalue weighted by Crippen LogP contribution is -2.28. The van der Waals surface area contributed by atoms with Crippen LogP contribution in [0.1, 0.15) is 33.5 Å². The van der Waals surface area contributed by atoms with E-state index in [2.05, 4.69) is 22.5 Å². The van der Waals surface area contributed by atoms with Gasteiger partial charge in [0, 0.05) is 23.9 Å². The summed E-state index contributed by atoms with van der Waals surface area (Å²) in [5.74, 6) is -0.140. The van der Waals surface area contributed by atoms with Gasteiger partial charge in [0.25, 0.3) is 11.5 Å². The first-order chi connectivity index (χ1) is 10.8. The van der Waals surface area contributed by atoms with E-state index in [4.69, 9.17) is 0 Å². The van der Waals surface area contributed by atoms with Gasteiger partial charge in [0.1, 0.15) is 0 Å². The first-order valence-corrected chi connectivity index (χ1v) is 7.46. The maximum atomic E-state index is 12.4. The van der Waals surface area contributed by atoms with E-state index in [1.807, 2.05) is 30.3 Å². The van der Waals surface area contributed by atoms with Gasteiger partial charge < -0.3 is 10.3 Å². The molecule has 3 rings (SSSR count). The highest BCUT2D eigenvalue weighted by Gasteiger charge is 2.13. The molecular weight excluding hydrogens is 276 g/mol. The molecule has 2 aromatic rings. The number of aromatic nitrogens is 1. The van der Waals surface area contributed by atoms with Crippen LogP contribution < -0.4 is 10.9 Å². The van der Waals surface area contributed by atoms with Crippen LogP contribution in [0, 0.1) is 0 Å². The molecular formula is C18H18N2O2. The topological polar surface area (TPSA) is 62.0 Å². The second kappa shape index (κ2) is 6.43. The molecule has 0 radical (unpaired) electrons. The minimum atomic E-state index is -0.140. The first-order valence-electron chi connectivity index (χ1n) is 7.46. The predicted octanol–water partition coefficient (Wildman–Crippen LogP) is 2.35. The summed E-state index contributed by atoms with van der Waals surface area (Å²) in [4.78, 5) is 27.1. The largest absolute Gasteiger partial charge is 0.348 e. The standard InChI is InChI=1S/C18H18N2O2/c21-17-15-9-5-4-8-13(15)6-2-1-3-7-14-10-11-19-18(22)16(14)12-20-17/h1-2,4-5,8-11H,3,6-7,12H2,(H,19,22)(H,20,21)/b2-1-. The van der Waals surface area contributed by atoms with Crippen LogP contribution in [0.4, 0.5) is 0 Å². The Morgan fingerprint density at radius 1 is 0.955 bits per heavy atom. The number of pyridine rings is 1. The Labute approximate surface area is 128 Å². The zero-order chi connectivity index (χ0) is 15.4. The minimum absolute atomic E-state index is 0.132. The molecule has 0 saturated heterocycles. The number of hydrogen-bond acceptors (Lipinski definition) is 2. The molecule has 0 aliphatic carbocycles. The number of hydrogen-bond donors (Lipinski definition) is 2. The number of carbonyl (C=O) groups excluding carboxylic acids is 1. The Bertz CT molecular complexity index is 775. The maximum Gasteiger partial charge on any atom is 0.253 e. The third-order valence-electron chi connectivity index (χ3n) is 3.93. The number of allylic oxidation sites excluding steroid dienone is 2. The summed E-state index contributed by atoms with van der Waals surface area (Å²) in [6.45, 7) is 0.252. The number of nitrogens with one attached hydrogen (secondary N) is 2. The van der Waals surface area contributed by atoms with Crippen LogP contribution in [0.3, 0.4) is 0 Å². The molecule has 1 aliphatic heterocycles. The van der Waals surface area contributed by atoms with Gasteiger partial charge in [0.05, 0.1) is 0 Å². The molecule has 22 heavy (non-hydrogen) atoms. The third kappa shape index (κ3) is 3.01. The van der Waals surface area contributed by atoms with Crippen molar-refractivity contribution in [2.24, 2.45) is 0 Å². The molecule has 0 bridgehead atoms. The number of fused-ring (bicyclic) bond motifs is 2. The molecule has 0 saturated carbocycles. The molecule has 0 fully saturated rings. The van der Waals surface area contributed by atoms with Gasteiger partial charge in [0.15, 0.2) is 0 Å². The number of amides is 1. The van der Waals surface area contributed by atoms with Gasteiger partial charge >= 0.3 is 0 Å². The number of rotatable bonds is 0. The summed E-state index contributed by atoms with van der Waals surface area (Å²) < 4.78 is 0. The Morgan fingerprint density at radius 2 is 1.82 bits per heavy atom. The van der Waals surface area contributed by atoms with Gasteiger partial charge in [-0.05, 0) is 42.5 Å². The van der Waals surface area contributed by atoms with Crippen LogP contribution in [-0.4, -0.2) is 10.9 Å². The zero-order valence-corrected chi connectivity index (χ0v) is 12.3. The van der Waals surface area contributed by atoms with Crippen molar-refractivity contribution in [2.45, 2.75) is 25.8 Å². The SMILES string of the molecule is O=C1NCc2c(cc[nH]c2=O)CC/C=C\Cc2ccccc21. The fraction of sp³-hybridized carbons (Fsp3) is 0.222. The molecule has 0 atom stereocenters. The Hall–Kier alpha value is -2.62. The molecule has 1 amide bonds. The highest BCUT2D eigenvalue weighted by molar-refractivity contribution is 5.95. The molecule has 112 valence electrons. The van der Waals surface area contributed by atoms with E-state index in [0.717, 1.165) is 30.4 Å². The number of H-pyrrole nitrogens is 1. The summed E-state index contributed by atoms with van der Waals surface area (Å²) in [6.07, 6.45) is 8.28. The van der Waals surface area contributed by atoms with Crippen molar-refractivity contribution >= 4 is 5.91 Å². The average Bonchev–Trinajstić information content (AvgIpc) is 2.53. The van der Waals surface area contributed by atoms with Crippen molar-refractivity contribution in [1.29, 1.82) is 0 Å². The molecule has 0 unspecified atom stereocenters. The molecule has 2 heterocycles. The molecule has 1 aromatic carbocycles. The van der Waals surface area contributed by atoms with Gasteiger partial charge in [-0.1, -0.05) is 30.4 Å². The number of aryl methyl sites for hydroxylation is 1. The fourth-order valence-corrected chi connectivity index (χ4v) is 2.73. The second-order valence-electron chi connectivity index (χ2n) is 5.36. The first kappa shape index (κ1) is 14.3. The highest BCUT2D eigenvalue weighted by atomic mass is 16.1. The van der Waals surface area contributed by atoms with Crippen LogP contribution >= 0.6 is 0 Å². The molecule has 0 spiro atoms. The third-order valence-corrected chi connectivity index (χ3v) is 3.93. The van der Waals surface area contributed by atoms with Gasteiger partial charge in [0.2, 0.25) is 0 Å². The lowest BCUT2D eigenvalue weighted by Gasteiger charge is -2.12. The normalized spacial score (nSPS) is 16.5. The van der Waals surface area contributed by atoms with E-state index < -0.39 is 0 Å². The number of carbonyl (C=O) groups is 1. The van der Waals surface area contributed by atoms with Crippen LogP contribution in [0.2, 0.25) is 0 Å². The van der Waals surface area contributed by atoms with Gasteiger partial charge in [-0.25, -0.2) is 0 Å². The van der Waals surface area contributed by atoms with E-state index in [0.29, 0.717) is 11.1 Å². The van der Waals surface area contributed by atoms with Crippen molar-refractivity contribution in [3.63, 3.8) is 0 Å². The summed E-state index contributed by atoms with van der Waals surface area (Å²) in [7, 11) is 0. The minimum Gasteiger partial charge on any atom is -0.348 e. The van der Waals surface area contributed by atoms with E-state index >= 15 is 0 Å². The molecule has 1 aliphatic rings. The fourth-order valence-electron chi connectivity index (χ4n) is 2.73. The summed E-state index contributed by atoms with van der Waals surface area (Å²) in [5, 5.41) is 2.87. The molecule has 4 heteroatoms. The molecule has 4 nitrogen and oxygen atoms in total. The summed E-state index contributed by atoms with van der Waals surface area (Å²) in [6, 6.07) is 9.49. The van der Waals surface area contributed by atoms with Gasteiger partial charge in [-0.15, -0.1) is 0 Å². The van der Waals surface area contributed by atoms with Crippen molar-refractivity contribution in [3.8, 4) is 0 Å². The van der Waals surface area contributed by atoms with E-state index in [9.17, 15) is 9.59 Å². The quantitative estimate of drug-likeness (QED) is 0.733. The van der Waals surface area contributed by atoms with Crippen LogP contribution in [-0.2, 0) is 19.4 Å². The number of aromatic amines is 1. The second-order valence-corrected chi connectivity index (χ2v) is 5.36. The van der Waals surface area contributed by atoms with E-state index in [-0.39, 0.29) is 18.0 Å². The van der Waals surface area contributed by atoms with Gasteiger partial charge in [-0.2, -0.15) is 0 Å². The Balaban J connectivity index is 1.98. The van der Waals surface area contributed by atoms with Crippen LogP contribution in [0.5, 0.6) is 0 Å². The van der Waals surface area contributed by atoms with E-state index in [1.165, 1.54) is 0 Å². The smallest absolute Gasteiger partial charge is 0.253 e. The molecule has 1 aromatic heterocycles. The van der Waals surface area contributed by atoms with E-state index in [1.54, 1.807) is 6.20 Å². The van der Waals surface area contributed by atoms with Crippen molar-refractivity contribution in [1.82, 2.24) is 10.3 Å². The predicted molar refractivity (Wildman–Crippen MR) is 85.8 cm³/mol. The monoisotopic (exact) mass is 294 g/mol. The lowest BCUT2D eigenvalue weighted by molar-refractivity contribution is 0.0950. The Morgan fingerprint density at radius 3 is 2.73 bits per heavy atom. The molecule has 2 N–H and O–H groups in total. The van der Waals surface area contributed by atoms with Gasteiger partial charge in [-0.3, -0.25) is 9.59 Å². The maximum absolute atomic E-state index is 12.4. The average molecular weight is 294 g/mol. The summed E-state index contributed by atoms with van der Waals surface area (Å²) in [5.41, 5.74) is 3.16.